The van der Waals surface area contributed by atoms with E-state index in [-0.39, 0.29) is 5.91 Å². The zero-order chi connectivity index (χ0) is 13.1. The lowest BCUT2D eigenvalue weighted by molar-refractivity contribution is -0.120. The quantitative estimate of drug-likeness (QED) is 0.765. The van der Waals surface area contributed by atoms with Crippen LogP contribution in [0.3, 0.4) is 0 Å². The molecule has 2 aromatic rings. The minimum Gasteiger partial charge on any atom is -0.392 e. The average molecular weight is 246 g/mol. The fourth-order valence-electron chi connectivity index (χ4n) is 2.09. The number of aliphatic hydroxyl groups is 1. The fourth-order valence-corrected chi connectivity index (χ4v) is 2.09. The number of amides is 1. The van der Waals surface area contributed by atoms with E-state index in [1.54, 1.807) is 6.92 Å². The van der Waals surface area contributed by atoms with Gasteiger partial charge in [-0.25, -0.2) is 0 Å². The summed E-state index contributed by atoms with van der Waals surface area (Å²) in [6.07, 6.45) is 1.69. The summed E-state index contributed by atoms with van der Waals surface area (Å²) in [5, 5.41) is 12.9. The van der Waals surface area contributed by atoms with Crippen LogP contribution in [0.1, 0.15) is 18.1 Å². The highest BCUT2D eigenvalue weighted by Crippen LogP contribution is 2.22. The second kappa shape index (κ2) is 5.23. The number of carbonyl (C=O) groups excluding carboxylic acids is 1. The Kier molecular flexibility index (Phi) is 3.67. The number of aromatic nitrogens is 1. The maximum absolute atomic E-state index is 11.7. The minimum atomic E-state index is -0.515. The number of rotatable bonds is 4. The Bertz CT molecular complexity index is 558. The molecule has 2 rings (SSSR count). The first-order chi connectivity index (χ1) is 8.58. The van der Waals surface area contributed by atoms with Crippen molar-refractivity contribution in [1.29, 1.82) is 0 Å². The van der Waals surface area contributed by atoms with Crippen molar-refractivity contribution in [3.8, 4) is 0 Å². The largest absolute Gasteiger partial charge is 0.392 e. The molecule has 1 heterocycles. The zero-order valence-electron chi connectivity index (χ0n) is 10.7. The van der Waals surface area contributed by atoms with Crippen LogP contribution in [0.4, 0.5) is 0 Å². The number of nitrogens with one attached hydrogen (secondary N) is 2. The average Bonchev–Trinajstić information content (AvgIpc) is 2.71. The highest BCUT2D eigenvalue weighted by molar-refractivity contribution is 5.90. The zero-order valence-corrected chi connectivity index (χ0v) is 10.7. The Hall–Kier alpha value is -1.81. The lowest BCUT2D eigenvalue weighted by Gasteiger charge is -2.07. The van der Waals surface area contributed by atoms with Crippen molar-refractivity contribution in [3.63, 3.8) is 0 Å². The van der Waals surface area contributed by atoms with E-state index in [0.29, 0.717) is 13.0 Å². The van der Waals surface area contributed by atoms with Gasteiger partial charge >= 0.3 is 0 Å². The number of aliphatic hydroxyl groups excluding tert-OH is 1. The molecule has 3 N–H and O–H groups in total. The van der Waals surface area contributed by atoms with Gasteiger partial charge in [-0.2, -0.15) is 0 Å². The van der Waals surface area contributed by atoms with Gasteiger partial charge < -0.3 is 15.4 Å². The van der Waals surface area contributed by atoms with Gasteiger partial charge in [0.25, 0.3) is 0 Å². The molecule has 0 bridgehead atoms. The first-order valence-corrected chi connectivity index (χ1v) is 6.08. The summed E-state index contributed by atoms with van der Waals surface area (Å²) in [7, 11) is 0. The molecule has 1 aromatic carbocycles. The van der Waals surface area contributed by atoms with E-state index in [1.165, 1.54) is 0 Å². The number of hydrogen-bond donors (Lipinski definition) is 3. The van der Waals surface area contributed by atoms with Gasteiger partial charge in [0.1, 0.15) is 0 Å². The van der Waals surface area contributed by atoms with E-state index in [2.05, 4.69) is 10.3 Å². The molecule has 0 saturated carbocycles. The molecule has 1 atom stereocenters. The third-order valence-corrected chi connectivity index (χ3v) is 2.94. The van der Waals surface area contributed by atoms with Gasteiger partial charge in [0, 0.05) is 23.6 Å². The Morgan fingerprint density at radius 3 is 3.00 bits per heavy atom. The van der Waals surface area contributed by atoms with Gasteiger partial charge in [-0.05, 0) is 31.0 Å². The third-order valence-electron chi connectivity index (χ3n) is 2.94. The predicted molar refractivity (Wildman–Crippen MR) is 71.4 cm³/mol. The van der Waals surface area contributed by atoms with Crippen LogP contribution < -0.4 is 5.32 Å². The second-order valence-electron chi connectivity index (χ2n) is 4.64. The number of fused-ring (bicyclic) bond motifs is 1. The molecule has 0 fully saturated rings. The van der Waals surface area contributed by atoms with Crippen LogP contribution in [0.2, 0.25) is 0 Å². The number of H-pyrrole nitrogens is 1. The van der Waals surface area contributed by atoms with Crippen molar-refractivity contribution in [2.75, 3.05) is 6.54 Å². The summed E-state index contributed by atoms with van der Waals surface area (Å²) in [5.41, 5.74) is 3.20. The number of aryl methyl sites for hydroxylation is 1. The lowest BCUT2D eigenvalue weighted by atomic mass is 10.1. The van der Waals surface area contributed by atoms with Crippen LogP contribution in [0, 0.1) is 6.92 Å². The first kappa shape index (κ1) is 12.6. The molecule has 18 heavy (non-hydrogen) atoms. The van der Waals surface area contributed by atoms with Crippen molar-refractivity contribution in [3.05, 3.63) is 35.5 Å². The molecule has 1 unspecified atom stereocenters. The molecular weight excluding hydrogens is 228 g/mol. The second-order valence-corrected chi connectivity index (χ2v) is 4.64. The maximum Gasteiger partial charge on any atom is 0.224 e. The van der Waals surface area contributed by atoms with E-state index in [4.69, 9.17) is 5.11 Å². The van der Waals surface area contributed by atoms with Gasteiger partial charge in [-0.1, -0.05) is 12.1 Å². The summed E-state index contributed by atoms with van der Waals surface area (Å²) in [5.74, 6) is -0.0694. The summed E-state index contributed by atoms with van der Waals surface area (Å²) in [6.45, 7) is 3.98. The van der Waals surface area contributed by atoms with Gasteiger partial charge in [0.2, 0.25) is 5.91 Å². The van der Waals surface area contributed by atoms with Gasteiger partial charge in [0.05, 0.1) is 12.5 Å². The fraction of sp³-hybridized carbons (Fsp3) is 0.357. The molecule has 0 aliphatic heterocycles. The summed E-state index contributed by atoms with van der Waals surface area (Å²) in [6, 6.07) is 6.03. The van der Waals surface area contributed by atoms with Crippen molar-refractivity contribution in [1.82, 2.24) is 10.3 Å². The maximum atomic E-state index is 11.7. The summed E-state index contributed by atoms with van der Waals surface area (Å²) < 4.78 is 0. The number of hydrogen-bond acceptors (Lipinski definition) is 2. The molecule has 0 spiro atoms. The van der Waals surface area contributed by atoms with Crippen LogP contribution in [0.15, 0.2) is 24.4 Å². The van der Waals surface area contributed by atoms with E-state index in [9.17, 15) is 4.79 Å². The number of benzene rings is 1. The molecule has 0 aliphatic rings. The topological polar surface area (TPSA) is 65.1 Å². The molecule has 4 heteroatoms. The minimum absolute atomic E-state index is 0.0694. The number of carbonyl (C=O) groups is 1. The molecule has 96 valence electrons. The Morgan fingerprint density at radius 2 is 2.28 bits per heavy atom. The monoisotopic (exact) mass is 246 g/mol. The summed E-state index contributed by atoms with van der Waals surface area (Å²) >= 11 is 0. The van der Waals surface area contributed by atoms with Crippen LogP contribution in [0.5, 0.6) is 0 Å². The Labute approximate surface area is 106 Å². The van der Waals surface area contributed by atoms with Crippen molar-refractivity contribution >= 4 is 16.8 Å². The normalized spacial score (nSPS) is 12.6. The SMILES string of the molecule is Cc1cccc2[nH]cc(CC(=O)NCC(C)O)c12. The van der Waals surface area contributed by atoms with Gasteiger partial charge in [0.15, 0.2) is 0 Å². The van der Waals surface area contributed by atoms with Crippen molar-refractivity contribution < 1.29 is 9.90 Å². The molecule has 4 nitrogen and oxygen atoms in total. The molecule has 1 aromatic heterocycles. The van der Waals surface area contributed by atoms with Crippen molar-refractivity contribution in [2.45, 2.75) is 26.4 Å². The van der Waals surface area contributed by atoms with E-state index in [0.717, 1.165) is 22.0 Å². The van der Waals surface area contributed by atoms with Crippen LogP contribution >= 0.6 is 0 Å². The highest BCUT2D eigenvalue weighted by atomic mass is 16.3. The standard InChI is InChI=1S/C14H18N2O2/c1-9-4-3-5-12-14(9)11(8-15-12)6-13(18)16-7-10(2)17/h3-5,8,10,15,17H,6-7H2,1-2H3,(H,16,18). The molecule has 1 amide bonds. The Balaban J connectivity index is 2.15. The lowest BCUT2D eigenvalue weighted by Crippen LogP contribution is -2.31. The van der Waals surface area contributed by atoms with Crippen LogP contribution in [0.25, 0.3) is 10.9 Å². The third kappa shape index (κ3) is 2.71. The van der Waals surface area contributed by atoms with E-state index >= 15 is 0 Å². The highest BCUT2D eigenvalue weighted by Gasteiger charge is 2.10. The smallest absolute Gasteiger partial charge is 0.224 e. The molecule has 0 aliphatic carbocycles. The van der Waals surface area contributed by atoms with Crippen LogP contribution in [-0.4, -0.2) is 28.6 Å². The number of aromatic amines is 1. The first-order valence-electron chi connectivity index (χ1n) is 6.08. The molecule has 0 saturated heterocycles. The van der Waals surface area contributed by atoms with Crippen LogP contribution in [-0.2, 0) is 11.2 Å². The molecular formula is C14H18N2O2. The molecule has 0 radical (unpaired) electrons. The predicted octanol–water partition coefficient (Wildman–Crippen LogP) is 1.52. The summed E-state index contributed by atoms with van der Waals surface area (Å²) in [4.78, 5) is 14.9. The van der Waals surface area contributed by atoms with Crippen molar-refractivity contribution in [2.24, 2.45) is 0 Å². The van der Waals surface area contributed by atoms with Gasteiger partial charge in [-0.3, -0.25) is 4.79 Å². The Morgan fingerprint density at radius 1 is 1.50 bits per heavy atom. The van der Waals surface area contributed by atoms with E-state index < -0.39 is 6.10 Å². The van der Waals surface area contributed by atoms with E-state index in [1.807, 2.05) is 31.3 Å². The van der Waals surface area contributed by atoms with Gasteiger partial charge in [-0.15, -0.1) is 0 Å².